The van der Waals surface area contributed by atoms with Crippen LogP contribution < -0.4 is 10.1 Å². The number of nitrogens with zero attached hydrogens (tertiary/aromatic N) is 3. The number of halogens is 1. The Labute approximate surface area is 215 Å². The van der Waals surface area contributed by atoms with Gasteiger partial charge in [0.2, 0.25) is 11.8 Å². The van der Waals surface area contributed by atoms with Gasteiger partial charge >= 0.3 is 0 Å². The summed E-state index contributed by atoms with van der Waals surface area (Å²) in [5.41, 5.74) is 2.97. The molecule has 0 radical (unpaired) electrons. The van der Waals surface area contributed by atoms with Crippen molar-refractivity contribution in [2.45, 2.75) is 19.8 Å². The second kappa shape index (κ2) is 12.0. The highest BCUT2D eigenvalue weighted by molar-refractivity contribution is 5.95. The van der Waals surface area contributed by atoms with E-state index in [1.54, 1.807) is 47.0 Å². The number of hydrogen-bond donors (Lipinski definition) is 1. The zero-order chi connectivity index (χ0) is 26.2. The number of hydrogen-bond acceptors (Lipinski definition) is 4. The lowest BCUT2D eigenvalue weighted by atomic mass is 10.1. The molecular weight excluding hydrogens is 471 g/mol. The lowest BCUT2D eigenvalue weighted by molar-refractivity contribution is -0.134. The maximum Gasteiger partial charge on any atom is 0.245 e. The van der Waals surface area contributed by atoms with Crippen molar-refractivity contribution in [3.05, 3.63) is 96.3 Å². The average molecular weight is 501 g/mol. The zero-order valence-corrected chi connectivity index (χ0v) is 20.9. The first kappa shape index (κ1) is 25.6. The predicted octanol–water partition coefficient (Wildman–Crippen LogP) is 5.11. The number of aromatic nitrogens is 2. The van der Waals surface area contributed by atoms with E-state index in [0.29, 0.717) is 35.9 Å². The van der Waals surface area contributed by atoms with Gasteiger partial charge in [-0.3, -0.25) is 9.59 Å². The van der Waals surface area contributed by atoms with E-state index in [1.807, 2.05) is 49.4 Å². The van der Waals surface area contributed by atoms with Gasteiger partial charge in [0.05, 0.1) is 31.5 Å². The van der Waals surface area contributed by atoms with Gasteiger partial charge in [0.1, 0.15) is 17.4 Å². The Morgan fingerprint density at radius 2 is 1.70 bits per heavy atom. The first-order valence-corrected chi connectivity index (χ1v) is 12.1. The summed E-state index contributed by atoms with van der Waals surface area (Å²) < 4.78 is 20.3. The van der Waals surface area contributed by atoms with Crippen molar-refractivity contribution in [1.82, 2.24) is 14.7 Å². The zero-order valence-electron chi connectivity index (χ0n) is 20.9. The van der Waals surface area contributed by atoms with Crippen LogP contribution in [-0.4, -0.2) is 46.7 Å². The molecule has 37 heavy (non-hydrogen) atoms. The third-order valence-corrected chi connectivity index (χ3v) is 5.81. The van der Waals surface area contributed by atoms with Gasteiger partial charge in [-0.15, -0.1) is 0 Å². The summed E-state index contributed by atoms with van der Waals surface area (Å²) in [6, 6.07) is 24.5. The lowest BCUT2D eigenvalue weighted by Gasteiger charge is -2.22. The summed E-state index contributed by atoms with van der Waals surface area (Å²) in [6.45, 7) is 2.31. The Morgan fingerprint density at radius 1 is 1.00 bits per heavy atom. The van der Waals surface area contributed by atoms with Gasteiger partial charge in [-0.1, -0.05) is 49.4 Å². The Hall–Kier alpha value is -4.46. The number of nitrogens with one attached hydrogen (secondary N) is 1. The van der Waals surface area contributed by atoms with Crippen LogP contribution in [0, 0.1) is 5.82 Å². The molecule has 1 aromatic heterocycles. The average Bonchev–Trinajstić information content (AvgIpc) is 3.33. The van der Waals surface area contributed by atoms with Crippen LogP contribution in [0.2, 0.25) is 0 Å². The molecule has 0 fully saturated rings. The molecule has 2 amide bonds. The number of methoxy groups -OCH3 is 1. The predicted molar refractivity (Wildman–Crippen MR) is 141 cm³/mol. The normalized spacial score (nSPS) is 10.7. The van der Waals surface area contributed by atoms with E-state index in [4.69, 9.17) is 4.74 Å². The molecule has 1 heterocycles. The molecule has 0 saturated carbocycles. The largest absolute Gasteiger partial charge is 0.497 e. The molecule has 0 aliphatic rings. The van der Waals surface area contributed by atoms with Crippen molar-refractivity contribution in [3.63, 3.8) is 0 Å². The first-order valence-electron chi connectivity index (χ1n) is 12.1. The molecule has 7 nitrogen and oxygen atoms in total. The van der Waals surface area contributed by atoms with Crippen molar-refractivity contribution in [2.75, 3.05) is 25.5 Å². The van der Waals surface area contributed by atoms with Crippen LogP contribution in [0.25, 0.3) is 16.9 Å². The van der Waals surface area contributed by atoms with E-state index in [-0.39, 0.29) is 30.6 Å². The highest BCUT2D eigenvalue weighted by Gasteiger charge is 2.19. The summed E-state index contributed by atoms with van der Waals surface area (Å²) in [5, 5.41) is 7.54. The molecule has 0 unspecified atom stereocenters. The van der Waals surface area contributed by atoms with E-state index in [1.165, 1.54) is 12.1 Å². The SMILES string of the molecule is CCCN(CC(=O)Nc1cc(-c2ccccc2)nn1-c1ccc(F)cc1)C(=O)Cc1ccc(OC)cc1. The van der Waals surface area contributed by atoms with Gasteiger partial charge in [0, 0.05) is 18.2 Å². The van der Waals surface area contributed by atoms with E-state index in [2.05, 4.69) is 10.4 Å². The minimum absolute atomic E-state index is 0.0991. The molecule has 3 aromatic carbocycles. The Bertz CT molecular complexity index is 1340. The van der Waals surface area contributed by atoms with E-state index >= 15 is 0 Å². The molecular formula is C29H29FN4O3. The van der Waals surface area contributed by atoms with Crippen molar-refractivity contribution in [2.24, 2.45) is 0 Å². The monoisotopic (exact) mass is 500 g/mol. The number of benzene rings is 3. The van der Waals surface area contributed by atoms with Crippen LogP contribution in [0.1, 0.15) is 18.9 Å². The second-order valence-corrected chi connectivity index (χ2v) is 8.56. The quantitative estimate of drug-likeness (QED) is 0.328. The number of ether oxygens (including phenoxy) is 1. The summed E-state index contributed by atoms with van der Waals surface area (Å²) in [5.74, 6) is 0.289. The molecule has 0 atom stereocenters. The molecule has 190 valence electrons. The van der Waals surface area contributed by atoms with E-state index < -0.39 is 0 Å². The summed E-state index contributed by atoms with van der Waals surface area (Å²) >= 11 is 0. The third kappa shape index (κ3) is 6.61. The maximum atomic E-state index is 13.5. The van der Waals surface area contributed by atoms with Crippen molar-refractivity contribution < 1.29 is 18.7 Å². The molecule has 0 bridgehead atoms. The van der Waals surface area contributed by atoms with Crippen LogP contribution in [0.3, 0.4) is 0 Å². The summed E-state index contributed by atoms with van der Waals surface area (Å²) in [4.78, 5) is 27.7. The summed E-state index contributed by atoms with van der Waals surface area (Å²) in [6.07, 6.45) is 0.899. The Morgan fingerprint density at radius 3 is 2.35 bits per heavy atom. The highest BCUT2D eigenvalue weighted by Crippen LogP contribution is 2.25. The van der Waals surface area contributed by atoms with E-state index in [0.717, 1.165) is 11.1 Å². The molecule has 0 spiro atoms. The van der Waals surface area contributed by atoms with Crippen molar-refractivity contribution in [1.29, 1.82) is 0 Å². The molecule has 4 rings (SSSR count). The number of amides is 2. The van der Waals surface area contributed by atoms with Crippen molar-refractivity contribution in [3.8, 4) is 22.7 Å². The standard InChI is InChI=1S/C29H29FN4O3/c1-3-17-33(29(36)18-21-9-15-25(37-2)16-10-21)20-28(35)31-27-19-26(22-7-5-4-6-8-22)32-34(27)24-13-11-23(30)12-14-24/h4-16,19H,3,17-18,20H2,1-2H3,(H,31,35). The van der Waals surface area contributed by atoms with Gasteiger partial charge in [-0.2, -0.15) is 5.10 Å². The fourth-order valence-electron chi connectivity index (χ4n) is 3.95. The smallest absolute Gasteiger partial charge is 0.245 e. The number of rotatable bonds is 10. The molecule has 0 aliphatic carbocycles. The number of carbonyl (C=O) groups excluding carboxylic acids is 2. The molecule has 8 heteroatoms. The van der Waals surface area contributed by atoms with Gasteiger partial charge in [0.15, 0.2) is 0 Å². The van der Waals surface area contributed by atoms with Gasteiger partial charge in [0.25, 0.3) is 0 Å². The molecule has 1 N–H and O–H groups in total. The number of anilines is 1. The van der Waals surface area contributed by atoms with Crippen LogP contribution in [0.5, 0.6) is 5.75 Å². The summed E-state index contributed by atoms with van der Waals surface area (Å²) in [7, 11) is 1.59. The molecule has 0 aliphatic heterocycles. The topological polar surface area (TPSA) is 76.5 Å². The fraction of sp³-hybridized carbons (Fsp3) is 0.207. The van der Waals surface area contributed by atoms with Gasteiger partial charge < -0.3 is 15.0 Å². The van der Waals surface area contributed by atoms with Crippen LogP contribution in [-0.2, 0) is 16.0 Å². The van der Waals surface area contributed by atoms with Crippen LogP contribution in [0.4, 0.5) is 10.2 Å². The fourth-order valence-corrected chi connectivity index (χ4v) is 3.95. The Balaban J connectivity index is 1.52. The van der Waals surface area contributed by atoms with Gasteiger partial charge in [-0.25, -0.2) is 9.07 Å². The van der Waals surface area contributed by atoms with Crippen LogP contribution >= 0.6 is 0 Å². The highest BCUT2D eigenvalue weighted by atomic mass is 19.1. The third-order valence-electron chi connectivity index (χ3n) is 5.81. The maximum absolute atomic E-state index is 13.5. The Kier molecular flexibility index (Phi) is 8.30. The first-order chi connectivity index (χ1) is 18.0. The van der Waals surface area contributed by atoms with Crippen molar-refractivity contribution >= 4 is 17.6 Å². The minimum atomic E-state index is -0.365. The molecule has 4 aromatic rings. The van der Waals surface area contributed by atoms with E-state index in [9.17, 15) is 14.0 Å². The van der Waals surface area contributed by atoms with Gasteiger partial charge in [-0.05, 0) is 48.4 Å². The van der Waals surface area contributed by atoms with Crippen LogP contribution in [0.15, 0.2) is 84.9 Å². The second-order valence-electron chi connectivity index (χ2n) is 8.56. The lowest BCUT2D eigenvalue weighted by Crippen LogP contribution is -2.39. The number of carbonyl (C=O) groups is 2. The minimum Gasteiger partial charge on any atom is -0.497 e. The molecule has 0 saturated heterocycles.